The second-order valence-electron chi connectivity index (χ2n) is 12.1. The van der Waals surface area contributed by atoms with Gasteiger partial charge in [0.1, 0.15) is 30.4 Å². The van der Waals surface area contributed by atoms with Crippen molar-refractivity contribution in [2.24, 2.45) is 0 Å². The number of rotatable bonds is 15. The van der Waals surface area contributed by atoms with Crippen LogP contribution in [0.4, 0.5) is 19.3 Å². The van der Waals surface area contributed by atoms with E-state index in [1.165, 1.54) is 59.4 Å². The number of anilines is 1. The van der Waals surface area contributed by atoms with Gasteiger partial charge in [-0.25, -0.2) is 23.1 Å². The number of carbonyl (C=O) groups is 2. The fourth-order valence-electron chi connectivity index (χ4n) is 5.60. The van der Waals surface area contributed by atoms with Gasteiger partial charge >= 0.3 is 12.1 Å². The van der Waals surface area contributed by atoms with Crippen LogP contribution in [-0.2, 0) is 39.8 Å². The first-order valence-electron chi connectivity index (χ1n) is 16.4. The van der Waals surface area contributed by atoms with Crippen LogP contribution in [0.25, 0.3) is 11.3 Å². The van der Waals surface area contributed by atoms with E-state index < -0.39 is 35.2 Å². The molecule has 5 rings (SSSR count). The van der Waals surface area contributed by atoms with Gasteiger partial charge in [0.2, 0.25) is 13.1 Å². The third-order valence-electron chi connectivity index (χ3n) is 8.61. The zero-order valence-electron chi connectivity index (χ0n) is 30.9. The second-order valence-corrected chi connectivity index (χ2v) is 13.0. The van der Waals surface area contributed by atoms with Gasteiger partial charge in [-0.2, -0.15) is 5.26 Å². The maximum atomic E-state index is 15.3. The number of likely N-dealkylation sites (N-methyl/N-ethyl adjacent to an activating group) is 1. The van der Waals surface area contributed by atoms with E-state index in [1.807, 2.05) is 0 Å². The summed E-state index contributed by atoms with van der Waals surface area (Å²) in [5.74, 6) is -2.23. The van der Waals surface area contributed by atoms with Crippen molar-refractivity contribution in [3.63, 3.8) is 0 Å². The van der Waals surface area contributed by atoms with Crippen LogP contribution in [0.15, 0.2) is 72.6 Å². The smallest absolute Gasteiger partial charge is 0.416 e. The Morgan fingerprint density at radius 3 is 2.46 bits per heavy atom. The van der Waals surface area contributed by atoms with Crippen LogP contribution in [0, 0.1) is 23.0 Å². The Labute approximate surface area is 349 Å². The minimum Gasteiger partial charge on any atom is -1.00 e. The fourth-order valence-corrected chi connectivity index (χ4v) is 6.57. The highest BCUT2D eigenvalue weighted by Crippen LogP contribution is 2.42. The van der Waals surface area contributed by atoms with Gasteiger partial charge in [0.05, 0.1) is 48.8 Å². The lowest BCUT2D eigenvalue weighted by Gasteiger charge is -2.32. The van der Waals surface area contributed by atoms with Crippen LogP contribution in [0.2, 0.25) is 0 Å². The van der Waals surface area contributed by atoms with E-state index in [2.05, 4.69) is 16.5 Å². The number of thiazole rings is 1. The summed E-state index contributed by atoms with van der Waals surface area (Å²) >= 11 is 1.24. The quantitative estimate of drug-likeness (QED) is 0.0898. The molecule has 2 atom stereocenters. The zero-order chi connectivity index (χ0) is 39.0. The summed E-state index contributed by atoms with van der Waals surface area (Å²) in [6.07, 6.45) is 2.00. The average molecular weight is 926 g/mol. The molecule has 3 aromatic carbocycles. The standard InChI is InChI=1S/C37H38F2N7O7S.ClH.HI/c1-23(35-43-30(18-54-35)25-8-6-24(15-40)7-9-25)37(49,28-13-27(38)10-11-29(28)39)19-46-21-45(20-42-46)22-53-36(48)44(3)31-14-33(51-5)32(50-4)12-26(31)17-52-34(47)16-41-2;;/h6-14,18,20-21,23,41,49H,16-17,19,22H2,1-5H3;2*1H/q+1;;/p-1. The summed E-state index contributed by atoms with van der Waals surface area (Å²) in [5.41, 5.74) is 0.259. The first-order chi connectivity index (χ1) is 25.9. The number of hydrogen-bond donors (Lipinski definition) is 2. The molecule has 0 aliphatic heterocycles. The molecule has 14 nitrogen and oxygen atoms in total. The Morgan fingerprint density at radius 1 is 1.11 bits per heavy atom. The molecular formula is C37H39ClF2IN7O7S. The number of aliphatic hydroxyl groups is 1. The van der Waals surface area contributed by atoms with Crippen LogP contribution in [0.1, 0.15) is 34.5 Å². The number of hydrogen-bond acceptors (Lipinski definition) is 12. The number of benzene rings is 3. The lowest BCUT2D eigenvalue weighted by atomic mass is 9.82. The molecule has 0 aliphatic rings. The van der Waals surface area contributed by atoms with Crippen LogP contribution in [0.3, 0.4) is 0 Å². The van der Waals surface area contributed by atoms with Crippen molar-refractivity contribution in [1.29, 1.82) is 5.26 Å². The Bertz CT molecular complexity index is 2170. The maximum Gasteiger partial charge on any atom is 0.416 e. The average Bonchev–Trinajstić information content (AvgIpc) is 3.86. The number of nitriles is 1. The first-order valence-corrected chi connectivity index (χ1v) is 17.3. The monoisotopic (exact) mass is 925 g/mol. The molecule has 0 bridgehead atoms. The van der Waals surface area contributed by atoms with Gasteiger partial charge in [0.25, 0.3) is 6.33 Å². The largest absolute Gasteiger partial charge is 1.00 e. The topological polar surface area (TPSA) is 165 Å². The summed E-state index contributed by atoms with van der Waals surface area (Å²) in [7, 11) is 5.97. The fraction of sp³-hybridized carbons (Fsp3) is 0.297. The summed E-state index contributed by atoms with van der Waals surface area (Å²) < 4.78 is 54.3. The molecule has 298 valence electrons. The first kappa shape index (κ1) is 45.4. The number of halogens is 4. The Hall–Kier alpha value is -4.94. The summed E-state index contributed by atoms with van der Waals surface area (Å²) in [6, 6.07) is 14.9. The Kier molecular flexibility index (Phi) is 16.5. The number of carbonyl (C=O) groups excluding carboxylic acids is 2. The third-order valence-corrected chi connectivity index (χ3v) is 9.64. The predicted molar refractivity (Wildman–Crippen MR) is 199 cm³/mol. The zero-order valence-corrected chi connectivity index (χ0v) is 34.7. The number of ether oxygens (including phenoxy) is 4. The molecule has 2 heterocycles. The van der Waals surface area contributed by atoms with Crippen LogP contribution < -0.4 is 48.2 Å². The van der Waals surface area contributed by atoms with Gasteiger partial charge < -0.3 is 53.3 Å². The van der Waals surface area contributed by atoms with Gasteiger partial charge in [-0.15, -0.1) is 28.4 Å². The second kappa shape index (κ2) is 20.3. The molecule has 0 saturated heterocycles. The highest BCUT2D eigenvalue weighted by atomic mass is 127. The minimum atomic E-state index is -2.05. The third kappa shape index (κ3) is 10.5. The normalized spacial score (nSPS) is 12.2. The minimum absolute atomic E-state index is 0. The highest BCUT2D eigenvalue weighted by Gasteiger charge is 2.43. The van der Waals surface area contributed by atoms with Gasteiger partial charge in [-0.05, 0) is 43.4 Å². The number of nitrogens with one attached hydrogen (secondary N) is 1. The molecule has 1 amide bonds. The van der Waals surface area contributed by atoms with Crippen LogP contribution >= 0.6 is 23.7 Å². The molecule has 0 radical (unpaired) electrons. The van der Waals surface area contributed by atoms with Crippen molar-refractivity contribution in [3.8, 4) is 28.8 Å². The number of esters is 1. The summed E-state index contributed by atoms with van der Waals surface area (Å²) in [6.45, 7) is 0.837. The van der Waals surface area contributed by atoms with Crippen molar-refractivity contribution in [2.45, 2.75) is 38.3 Å². The lowest BCUT2D eigenvalue weighted by Crippen LogP contribution is -3.00. The van der Waals surface area contributed by atoms with Gasteiger partial charge in [-0.3, -0.25) is 9.69 Å². The highest BCUT2D eigenvalue weighted by molar-refractivity contribution is 7.10. The molecule has 2 N–H and O–H groups in total. The van der Waals surface area contributed by atoms with Crippen LogP contribution in [0.5, 0.6) is 11.5 Å². The molecule has 19 heteroatoms. The SMILES string of the molecule is CNCC(=O)OCc1cc(OC)c(OC)cc1N(C)C(=O)OC[n+]1cnn(CC(O)(c2cc(F)ccc2F)C(C)c2nc(-c3ccc(C#N)cc3)cs2)c1.Cl.[I-]. The van der Waals surface area contributed by atoms with E-state index in [9.17, 15) is 19.1 Å². The van der Waals surface area contributed by atoms with Crippen molar-refractivity contribution >= 4 is 41.5 Å². The summed E-state index contributed by atoms with van der Waals surface area (Å²) in [4.78, 5) is 31.2. The predicted octanol–water partition coefficient (Wildman–Crippen LogP) is 2.07. The number of nitrogens with zero attached hydrogens (tertiary/aromatic N) is 6. The lowest BCUT2D eigenvalue weighted by molar-refractivity contribution is -0.727. The van der Waals surface area contributed by atoms with Gasteiger partial charge in [-0.1, -0.05) is 19.1 Å². The number of amides is 1. The molecule has 2 aromatic heterocycles. The number of methoxy groups -OCH3 is 2. The molecule has 5 aromatic rings. The van der Waals surface area contributed by atoms with E-state index >= 15 is 4.39 Å². The van der Waals surface area contributed by atoms with Crippen molar-refractivity contribution in [1.82, 2.24) is 20.1 Å². The van der Waals surface area contributed by atoms with Crippen LogP contribution in [-0.4, -0.2) is 66.8 Å². The van der Waals surface area contributed by atoms with Crippen molar-refractivity contribution < 1.29 is 71.0 Å². The molecule has 56 heavy (non-hydrogen) atoms. The summed E-state index contributed by atoms with van der Waals surface area (Å²) in [5, 5.41) is 30.6. The Morgan fingerprint density at radius 2 is 1.80 bits per heavy atom. The molecule has 0 aliphatic carbocycles. The van der Waals surface area contributed by atoms with E-state index in [0.29, 0.717) is 39.0 Å². The molecule has 0 fully saturated rings. The van der Waals surface area contributed by atoms with E-state index in [1.54, 1.807) is 55.7 Å². The van der Waals surface area contributed by atoms with E-state index in [0.717, 1.165) is 23.8 Å². The van der Waals surface area contributed by atoms with E-state index in [-0.39, 0.29) is 68.4 Å². The molecule has 2 unspecified atom stereocenters. The Balaban J connectivity index is 0.00000420. The van der Waals surface area contributed by atoms with Crippen molar-refractivity contribution in [3.05, 3.63) is 106 Å². The molecule has 0 spiro atoms. The van der Waals surface area contributed by atoms with E-state index in [4.69, 9.17) is 29.2 Å². The van der Waals surface area contributed by atoms with Gasteiger partial charge in [0.15, 0.2) is 11.5 Å². The molecule has 0 saturated carbocycles. The van der Waals surface area contributed by atoms with Crippen molar-refractivity contribution in [2.75, 3.05) is 39.8 Å². The molecular weight excluding hydrogens is 887 g/mol. The maximum absolute atomic E-state index is 15.3. The van der Waals surface area contributed by atoms with Gasteiger partial charge in [0, 0.05) is 46.2 Å². The number of aromatic nitrogens is 4.